The Kier molecular flexibility index (Phi) is 4.64. The molecule has 0 aliphatic rings. The van der Waals surface area contributed by atoms with Crippen molar-refractivity contribution in [3.05, 3.63) is 51.2 Å². The van der Waals surface area contributed by atoms with Gasteiger partial charge in [0.1, 0.15) is 5.75 Å². The van der Waals surface area contributed by atoms with Crippen LogP contribution >= 0.6 is 22.9 Å². The first-order chi connectivity index (χ1) is 8.66. The van der Waals surface area contributed by atoms with Crippen molar-refractivity contribution >= 4 is 22.9 Å². The Morgan fingerprint density at radius 1 is 1.39 bits per heavy atom. The standard InChI is InChI=1S/C14H16ClNOS/c1-10(16)13-9-11(15)4-5-14(13)17-7-6-12-3-2-8-18-12/h2-5,8-10H,6-7,16H2,1H3/t10-/m1/s1. The zero-order valence-electron chi connectivity index (χ0n) is 10.2. The second-order valence-electron chi connectivity index (χ2n) is 4.15. The van der Waals surface area contributed by atoms with Gasteiger partial charge in [-0.25, -0.2) is 0 Å². The van der Waals surface area contributed by atoms with Crippen molar-refractivity contribution in [2.24, 2.45) is 5.73 Å². The summed E-state index contributed by atoms with van der Waals surface area (Å²) in [6.45, 7) is 2.58. The molecule has 4 heteroatoms. The van der Waals surface area contributed by atoms with Crippen LogP contribution in [0, 0.1) is 0 Å². The molecule has 1 aromatic carbocycles. The lowest BCUT2D eigenvalue weighted by molar-refractivity contribution is 0.318. The Bertz CT molecular complexity index is 497. The van der Waals surface area contributed by atoms with Crippen molar-refractivity contribution in [1.82, 2.24) is 0 Å². The quantitative estimate of drug-likeness (QED) is 0.898. The van der Waals surface area contributed by atoms with Crippen LogP contribution in [0.1, 0.15) is 23.4 Å². The molecule has 0 saturated carbocycles. The minimum Gasteiger partial charge on any atom is -0.493 e. The molecule has 1 heterocycles. The fraction of sp³-hybridized carbons (Fsp3) is 0.286. The number of rotatable bonds is 5. The van der Waals surface area contributed by atoms with Crippen molar-refractivity contribution in [1.29, 1.82) is 0 Å². The summed E-state index contributed by atoms with van der Waals surface area (Å²) in [6, 6.07) is 9.66. The first-order valence-corrected chi connectivity index (χ1v) is 7.13. The molecule has 0 radical (unpaired) electrons. The molecule has 96 valence electrons. The predicted octanol–water partition coefficient (Wildman–Crippen LogP) is 4.04. The van der Waals surface area contributed by atoms with E-state index in [1.165, 1.54) is 4.88 Å². The van der Waals surface area contributed by atoms with Gasteiger partial charge in [-0.15, -0.1) is 11.3 Å². The summed E-state index contributed by atoms with van der Waals surface area (Å²) in [5, 5.41) is 2.76. The second kappa shape index (κ2) is 6.23. The van der Waals surface area contributed by atoms with E-state index in [4.69, 9.17) is 22.1 Å². The maximum absolute atomic E-state index is 5.97. The monoisotopic (exact) mass is 281 g/mol. The van der Waals surface area contributed by atoms with Gasteiger partial charge in [-0.1, -0.05) is 17.7 Å². The summed E-state index contributed by atoms with van der Waals surface area (Å²) in [5.74, 6) is 0.825. The van der Waals surface area contributed by atoms with E-state index in [1.807, 2.05) is 25.1 Å². The number of nitrogens with two attached hydrogens (primary N) is 1. The Labute approximate surface area is 116 Å². The van der Waals surface area contributed by atoms with Crippen LogP contribution in [0.2, 0.25) is 5.02 Å². The molecule has 0 bridgehead atoms. The first-order valence-electron chi connectivity index (χ1n) is 5.87. The van der Waals surface area contributed by atoms with Crippen molar-refractivity contribution in [3.63, 3.8) is 0 Å². The molecule has 1 atom stereocenters. The summed E-state index contributed by atoms with van der Waals surface area (Å²) in [4.78, 5) is 1.33. The third kappa shape index (κ3) is 3.48. The van der Waals surface area contributed by atoms with Gasteiger partial charge in [0.25, 0.3) is 0 Å². The minimum absolute atomic E-state index is 0.0829. The Morgan fingerprint density at radius 3 is 2.89 bits per heavy atom. The molecular formula is C14H16ClNOS. The highest BCUT2D eigenvalue weighted by Gasteiger charge is 2.09. The van der Waals surface area contributed by atoms with Crippen molar-refractivity contribution < 1.29 is 4.74 Å². The number of hydrogen-bond donors (Lipinski definition) is 1. The van der Waals surface area contributed by atoms with E-state index in [-0.39, 0.29) is 6.04 Å². The van der Waals surface area contributed by atoms with E-state index in [0.717, 1.165) is 17.7 Å². The fourth-order valence-corrected chi connectivity index (χ4v) is 2.59. The topological polar surface area (TPSA) is 35.2 Å². The number of benzene rings is 1. The first kappa shape index (κ1) is 13.4. The molecule has 0 spiro atoms. The highest BCUT2D eigenvalue weighted by Crippen LogP contribution is 2.27. The Balaban J connectivity index is 2.00. The lowest BCUT2D eigenvalue weighted by Gasteiger charge is -2.14. The van der Waals surface area contributed by atoms with Crippen LogP contribution in [0.4, 0.5) is 0 Å². The van der Waals surface area contributed by atoms with Gasteiger partial charge in [0, 0.05) is 27.9 Å². The number of hydrogen-bond acceptors (Lipinski definition) is 3. The van der Waals surface area contributed by atoms with Gasteiger partial charge >= 0.3 is 0 Å². The minimum atomic E-state index is -0.0829. The van der Waals surface area contributed by atoms with Crippen molar-refractivity contribution in [2.75, 3.05) is 6.61 Å². The number of halogens is 1. The average molecular weight is 282 g/mol. The van der Waals surface area contributed by atoms with E-state index in [0.29, 0.717) is 11.6 Å². The lowest BCUT2D eigenvalue weighted by atomic mass is 10.1. The van der Waals surface area contributed by atoms with Crippen molar-refractivity contribution in [3.8, 4) is 5.75 Å². The molecule has 2 aromatic rings. The van der Waals surface area contributed by atoms with Crippen LogP contribution in [0.3, 0.4) is 0 Å². The molecule has 0 fully saturated rings. The molecule has 2 rings (SSSR count). The summed E-state index contributed by atoms with van der Waals surface area (Å²) in [7, 11) is 0. The molecular weight excluding hydrogens is 266 g/mol. The third-order valence-electron chi connectivity index (χ3n) is 2.65. The van der Waals surface area contributed by atoms with Gasteiger partial charge < -0.3 is 10.5 Å². The zero-order chi connectivity index (χ0) is 13.0. The number of thiophene rings is 1. The van der Waals surface area contributed by atoms with Crippen LogP contribution < -0.4 is 10.5 Å². The summed E-state index contributed by atoms with van der Waals surface area (Å²) in [5.41, 5.74) is 6.87. The second-order valence-corrected chi connectivity index (χ2v) is 5.62. The van der Waals surface area contributed by atoms with E-state index in [1.54, 1.807) is 11.3 Å². The molecule has 0 unspecified atom stereocenters. The highest BCUT2D eigenvalue weighted by molar-refractivity contribution is 7.09. The summed E-state index contributed by atoms with van der Waals surface area (Å²) < 4.78 is 5.79. The van der Waals surface area contributed by atoms with Crippen LogP contribution in [0.15, 0.2) is 35.7 Å². The zero-order valence-corrected chi connectivity index (χ0v) is 11.8. The number of ether oxygens (including phenoxy) is 1. The van der Waals surface area contributed by atoms with Gasteiger partial charge in [0.05, 0.1) is 6.61 Å². The van der Waals surface area contributed by atoms with E-state index < -0.39 is 0 Å². The lowest BCUT2D eigenvalue weighted by Crippen LogP contribution is -2.09. The summed E-state index contributed by atoms with van der Waals surface area (Å²) in [6.07, 6.45) is 0.915. The van der Waals surface area contributed by atoms with Gasteiger partial charge in [0.15, 0.2) is 0 Å². The SMILES string of the molecule is C[C@@H](N)c1cc(Cl)ccc1OCCc1cccs1. The van der Waals surface area contributed by atoms with E-state index in [9.17, 15) is 0 Å². The van der Waals surface area contributed by atoms with Gasteiger partial charge in [-0.3, -0.25) is 0 Å². The maximum atomic E-state index is 5.97. The third-order valence-corrected chi connectivity index (χ3v) is 3.82. The molecule has 2 nitrogen and oxygen atoms in total. The molecule has 0 aliphatic carbocycles. The van der Waals surface area contributed by atoms with Crippen LogP contribution in [0.25, 0.3) is 0 Å². The Morgan fingerprint density at radius 2 is 2.22 bits per heavy atom. The smallest absolute Gasteiger partial charge is 0.124 e. The molecule has 1 aromatic heterocycles. The van der Waals surface area contributed by atoms with Crippen LogP contribution in [-0.2, 0) is 6.42 Å². The van der Waals surface area contributed by atoms with E-state index in [2.05, 4.69) is 17.5 Å². The fourth-order valence-electron chi connectivity index (χ4n) is 1.72. The molecule has 18 heavy (non-hydrogen) atoms. The molecule has 2 N–H and O–H groups in total. The average Bonchev–Trinajstić information content (AvgIpc) is 2.84. The van der Waals surface area contributed by atoms with Crippen LogP contribution in [-0.4, -0.2) is 6.61 Å². The largest absolute Gasteiger partial charge is 0.493 e. The van der Waals surface area contributed by atoms with Gasteiger partial charge in [0.2, 0.25) is 0 Å². The molecule has 0 saturated heterocycles. The highest BCUT2D eigenvalue weighted by atomic mass is 35.5. The molecule has 0 aliphatic heterocycles. The Hall–Kier alpha value is -1.03. The summed E-state index contributed by atoms with van der Waals surface area (Å²) >= 11 is 7.71. The van der Waals surface area contributed by atoms with Gasteiger partial charge in [-0.2, -0.15) is 0 Å². The van der Waals surface area contributed by atoms with Crippen LogP contribution in [0.5, 0.6) is 5.75 Å². The van der Waals surface area contributed by atoms with Gasteiger partial charge in [-0.05, 0) is 36.6 Å². The predicted molar refractivity (Wildman–Crippen MR) is 77.6 cm³/mol. The molecule has 0 amide bonds. The van der Waals surface area contributed by atoms with Crippen molar-refractivity contribution in [2.45, 2.75) is 19.4 Å². The maximum Gasteiger partial charge on any atom is 0.124 e. The normalized spacial score (nSPS) is 12.4. The van der Waals surface area contributed by atoms with E-state index >= 15 is 0 Å².